The Labute approximate surface area is 185 Å². The van der Waals surface area contributed by atoms with Crippen LogP contribution in [0.15, 0.2) is 53.5 Å². The van der Waals surface area contributed by atoms with E-state index in [0.29, 0.717) is 29.3 Å². The summed E-state index contributed by atoms with van der Waals surface area (Å²) < 4.78 is 17.3. The van der Waals surface area contributed by atoms with E-state index in [0.717, 1.165) is 11.1 Å². The Bertz CT molecular complexity index is 1230. The minimum atomic E-state index is -0.815. The van der Waals surface area contributed by atoms with Crippen molar-refractivity contribution in [1.29, 1.82) is 0 Å². The first kappa shape index (κ1) is 22.9. The molecule has 2 heterocycles. The largest absolute Gasteiger partial charge is 0.493 e. The lowest BCUT2D eigenvalue weighted by atomic mass is 9.89. The number of hydrogen-bond acceptors (Lipinski definition) is 7. The summed E-state index contributed by atoms with van der Waals surface area (Å²) in [4.78, 5) is 29.7. The number of aryl methyl sites for hydroxylation is 1. The fourth-order valence-corrected chi connectivity index (χ4v) is 3.40. The lowest BCUT2D eigenvalue weighted by Gasteiger charge is -2.19. The molecule has 8 nitrogen and oxygen atoms in total. The highest BCUT2D eigenvalue weighted by Crippen LogP contribution is 2.36. The van der Waals surface area contributed by atoms with Crippen molar-refractivity contribution in [2.45, 2.75) is 26.2 Å². The number of benzene rings is 1. The van der Waals surface area contributed by atoms with Crippen molar-refractivity contribution in [3.05, 3.63) is 75.7 Å². The van der Waals surface area contributed by atoms with Crippen LogP contribution in [0.3, 0.4) is 0 Å². The summed E-state index contributed by atoms with van der Waals surface area (Å²) in [6.45, 7) is 7.84. The van der Waals surface area contributed by atoms with Crippen LogP contribution in [-0.2, 0) is 9.53 Å². The van der Waals surface area contributed by atoms with Crippen molar-refractivity contribution < 1.29 is 24.1 Å². The maximum Gasteiger partial charge on any atom is 0.306 e. The Hall–Kier alpha value is -3.81. The molecule has 0 fully saturated rings. The number of hydrogen-bond donors (Lipinski definition) is 1. The van der Waals surface area contributed by atoms with Gasteiger partial charge in [0.1, 0.15) is 12.3 Å². The van der Waals surface area contributed by atoms with Gasteiger partial charge in [-0.2, -0.15) is 4.98 Å². The number of rotatable bonds is 8. The third kappa shape index (κ3) is 4.74. The molecule has 3 rings (SSSR count). The van der Waals surface area contributed by atoms with Crippen LogP contribution < -0.4 is 15.0 Å². The first-order chi connectivity index (χ1) is 15.2. The van der Waals surface area contributed by atoms with Gasteiger partial charge in [-0.05, 0) is 54.8 Å². The first-order valence-corrected chi connectivity index (χ1v) is 9.99. The standard InChI is InChI=1S/C24H26N2O6/c1-14(2)13-32-18-7-6-16(11-19(18)30-4)17(12-21(27)31-5)22-23(28)25-20-10-15(3)8-9-26(20)24(22)29/h6-11,17,28H,1,12-13H2,2-5H3/t17-/m1/s1. The van der Waals surface area contributed by atoms with Gasteiger partial charge in [0.2, 0.25) is 5.88 Å². The van der Waals surface area contributed by atoms with Gasteiger partial charge in [0.15, 0.2) is 11.5 Å². The first-order valence-electron chi connectivity index (χ1n) is 9.99. The van der Waals surface area contributed by atoms with Crippen LogP contribution in [0.4, 0.5) is 0 Å². The molecule has 0 saturated heterocycles. The molecule has 0 amide bonds. The molecular weight excluding hydrogens is 412 g/mol. The number of carbonyl (C=O) groups excluding carboxylic acids is 1. The van der Waals surface area contributed by atoms with E-state index >= 15 is 0 Å². The maximum atomic E-state index is 13.3. The Balaban J connectivity index is 2.16. The van der Waals surface area contributed by atoms with Crippen molar-refractivity contribution >= 4 is 11.6 Å². The summed E-state index contributed by atoms with van der Waals surface area (Å²) in [5.74, 6) is -0.878. The molecule has 32 heavy (non-hydrogen) atoms. The Morgan fingerprint density at radius 2 is 1.97 bits per heavy atom. The maximum absolute atomic E-state index is 13.3. The van der Waals surface area contributed by atoms with Crippen LogP contribution in [0.1, 0.15) is 36.0 Å². The van der Waals surface area contributed by atoms with E-state index in [1.807, 2.05) is 13.8 Å². The third-order valence-corrected chi connectivity index (χ3v) is 5.01. The molecule has 0 saturated carbocycles. The molecule has 0 aliphatic rings. The van der Waals surface area contributed by atoms with Crippen molar-refractivity contribution in [2.24, 2.45) is 0 Å². The number of aromatic nitrogens is 2. The molecule has 3 aromatic rings. The quantitative estimate of drug-likeness (QED) is 0.425. The number of ether oxygens (including phenoxy) is 3. The van der Waals surface area contributed by atoms with Crippen molar-refractivity contribution in [3.8, 4) is 17.4 Å². The second-order valence-corrected chi connectivity index (χ2v) is 7.58. The summed E-state index contributed by atoms with van der Waals surface area (Å²) in [5.41, 5.74) is 2.14. The second kappa shape index (κ2) is 9.55. The molecule has 0 aliphatic heterocycles. The molecule has 2 aromatic heterocycles. The monoisotopic (exact) mass is 438 g/mol. The molecule has 1 aromatic carbocycles. The van der Waals surface area contributed by atoms with Gasteiger partial charge < -0.3 is 19.3 Å². The number of carbonyl (C=O) groups is 1. The molecule has 1 N–H and O–H groups in total. The van der Waals surface area contributed by atoms with Gasteiger partial charge in [0.25, 0.3) is 5.56 Å². The van der Waals surface area contributed by atoms with Crippen LogP contribution in [0.5, 0.6) is 17.4 Å². The van der Waals surface area contributed by atoms with Crippen LogP contribution in [0.2, 0.25) is 0 Å². The van der Waals surface area contributed by atoms with E-state index in [1.165, 1.54) is 18.6 Å². The summed E-state index contributed by atoms with van der Waals surface area (Å²) in [6.07, 6.45) is 1.42. The third-order valence-electron chi connectivity index (χ3n) is 5.01. The topological polar surface area (TPSA) is 99.4 Å². The molecule has 0 spiro atoms. The van der Waals surface area contributed by atoms with Gasteiger partial charge in [-0.25, -0.2) is 0 Å². The summed E-state index contributed by atoms with van der Waals surface area (Å²) in [6, 6.07) is 8.53. The smallest absolute Gasteiger partial charge is 0.306 e. The van der Waals surface area contributed by atoms with E-state index < -0.39 is 23.3 Å². The number of nitrogens with zero attached hydrogens (tertiary/aromatic N) is 2. The highest BCUT2D eigenvalue weighted by Gasteiger charge is 2.28. The van der Waals surface area contributed by atoms with Crippen LogP contribution in [0.25, 0.3) is 5.65 Å². The SMILES string of the molecule is C=C(C)COc1ccc([C@@H](CC(=O)OC)c2c(O)nc3cc(C)ccn3c2=O)cc1OC. The zero-order valence-corrected chi connectivity index (χ0v) is 18.5. The molecule has 0 bridgehead atoms. The minimum Gasteiger partial charge on any atom is -0.493 e. The number of methoxy groups -OCH3 is 2. The minimum absolute atomic E-state index is 0.00518. The summed E-state index contributed by atoms with van der Waals surface area (Å²) in [7, 11) is 2.76. The number of pyridine rings is 1. The molecule has 1 atom stereocenters. The molecule has 8 heteroatoms. The van der Waals surface area contributed by atoms with E-state index in [4.69, 9.17) is 14.2 Å². The fraction of sp³-hybridized carbons (Fsp3) is 0.292. The molecule has 0 unspecified atom stereocenters. The highest BCUT2D eigenvalue weighted by atomic mass is 16.5. The Kier molecular flexibility index (Phi) is 6.82. The fourth-order valence-electron chi connectivity index (χ4n) is 3.40. The van der Waals surface area contributed by atoms with Gasteiger partial charge in [0.05, 0.1) is 26.2 Å². The number of esters is 1. The van der Waals surface area contributed by atoms with Gasteiger partial charge >= 0.3 is 5.97 Å². The van der Waals surface area contributed by atoms with E-state index in [1.54, 1.807) is 36.5 Å². The molecule has 0 aliphatic carbocycles. The normalized spacial score (nSPS) is 11.8. The number of fused-ring (bicyclic) bond motifs is 1. The van der Waals surface area contributed by atoms with Crippen LogP contribution >= 0.6 is 0 Å². The van der Waals surface area contributed by atoms with Crippen LogP contribution in [0, 0.1) is 6.92 Å². The lowest BCUT2D eigenvalue weighted by molar-refractivity contribution is -0.140. The van der Waals surface area contributed by atoms with Crippen molar-refractivity contribution in [2.75, 3.05) is 20.8 Å². The van der Waals surface area contributed by atoms with Crippen molar-refractivity contribution in [1.82, 2.24) is 9.38 Å². The zero-order chi connectivity index (χ0) is 23.4. The predicted molar refractivity (Wildman–Crippen MR) is 120 cm³/mol. The van der Waals surface area contributed by atoms with E-state index in [2.05, 4.69) is 11.6 Å². The Morgan fingerprint density at radius 3 is 2.62 bits per heavy atom. The highest BCUT2D eigenvalue weighted by molar-refractivity contribution is 5.71. The van der Waals surface area contributed by atoms with Gasteiger partial charge in [-0.3, -0.25) is 14.0 Å². The van der Waals surface area contributed by atoms with Gasteiger partial charge in [0, 0.05) is 12.1 Å². The second-order valence-electron chi connectivity index (χ2n) is 7.58. The molecular formula is C24H26N2O6. The molecule has 0 radical (unpaired) electrons. The summed E-state index contributed by atoms with van der Waals surface area (Å²) >= 11 is 0. The van der Waals surface area contributed by atoms with E-state index in [-0.39, 0.29) is 12.0 Å². The average molecular weight is 438 g/mol. The molecule has 168 valence electrons. The zero-order valence-electron chi connectivity index (χ0n) is 18.5. The van der Waals surface area contributed by atoms with Crippen molar-refractivity contribution in [3.63, 3.8) is 0 Å². The van der Waals surface area contributed by atoms with Crippen LogP contribution in [-0.4, -0.2) is 41.3 Å². The lowest BCUT2D eigenvalue weighted by Crippen LogP contribution is -2.24. The number of aromatic hydroxyl groups is 1. The Morgan fingerprint density at radius 1 is 1.22 bits per heavy atom. The summed E-state index contributed by atoms with van der Waals surface area (Å²) in [5, 5.41) is 10.7. The van der Waals surface area contributed by atoms with E-state index in [9.17, 15) is 14.7 Å². The van der Waals surface area contributed by atoms with Gasteiger partial charge in [-0.1, -0.05) is 12.6 Å². The average Bonchev–Trinajstić information content (AvgIpc) is 2.76. The predicted octanol–water partition coefficient (Wildman–Crippen LogP) is 3.37. The van der Waals surface area contributed by atoms with Gasteiger partial charge in [-0.15, -0.1) is 0 Å².